The lowest BCUT2D eigenvalue weighted by Crippen LogP contribution is -2.08. The van der Waals surface area contributed by atoms with E-state index < -0.39 is 0 Å². The Morgan fingerprint density at radius 2 is 2.00 bits per heavy atom. The molecule has 7 heteroatoms. The molecule has 4 aromatic rings. The van der Waals surface area contributed by atoms with Crippen LogP contribution in [0, 0.1) is 5.82 Å². The second-order valence-electron chi connectivity index (χ2n) is 5.63. The van der Waals surface area contributed by atoms with Crippen molar-refractivity contribution in [3.05, 3.63) is 80.7 Å². The van der Waals surface area contributed by atoms with E-state index in [1.54, 1.807) is 18.2 Å². The molecule has 130 valence electrons. The van der Waals surface area contributed by atoms with Crippen molar-refractivity contribution < 1.29 is 4.39 Å². The van der Waals surface area contributed by atoms with Crippen molar-refractivity contribution in [1.82, 2.24) is 9.97 Å². The molecule has 0 unspecified atom stereocenters. The van der Waals surface area contributed by atoms with Gasteiger partial charge in [0, 0.05) is 21.7 Å². The van der Waals surface area contributed by atoms with Gasteiger partial charge in [-0.15, -0.1) is 11.3 Å². The van der Waals surface area contributed by atoms with Gasteiger partial charge in [0.05, 0.1) is 5.39 Å². The van der Waals surface area contributed by atoms with Crippen LogP contribution in [-0.2, 0) is 5.75 Å². The molecule has 2 aromatic heterocycles. The van der Waals surface area contributed by atoms with Crippen LogP contribution in [0.4, 0.5) is 4.39 Å². The molecule has 0 saturated heterocycles. The first-order valence-electron chi connectivity index (χ1n) is 7.75. The summed E-state index contributed by atoms with van der Waals surface area (Å²) < 4.78 is 13.3. The molecule has 2 heterocycles. The maximum absolute atomic E-state index is 13.3. The Labute approximate surface area is 161 Å². The number of hydrogen-bond acceptors (Lipinski definition) is 4. The molecule has 3 nitrogen and oxygen atoms in total. The Balaban J connectivity index is 1.65. The van der Waals surface area contributed by atoms with Crippen LogP contribution in [0.5, 0.6) is 0 Å². The minimum atomic E-state index is -0.272. The number of H-pyrrole nitrogens is 1. The summed E-state index contributed by atoms with van der Waals surface area (Å²) in [5, 5.41) is 3.68. The number of thioether (sulfide) groups is 1. The highest BCUT2D eigenvalue weighted by Crippen LogP contribution is 2.32. The van der Waals surface area contributed by atoms with Crippen molar-refractivity contribution in [2.45, 2.75) is 10.9 Å². The zero-order valence-electron chi connectivity index (χ0n) is 13.3. The Hall–Kier alpha value is -2.15. The van der Waals surface area contributed by atoms with Gasteiger partial charge in [0.25, 0.3) is 5.56 Å². The van der Waals surface area contributed by atoms with Gasteiger partial charge in [-0.2, -0.15) is 0 Å². The second kappa shape index (κ2) is 7.23. The molecule has 0 radical (unpaired) electrons. The van der Waals surface area contributed by atoms with Crippen LogP contribution < -0.4 is 5.56 Å². The zero-order chi connectivity index (χ0) is 18.1. The van der Waals surface area contributed by atoms with Crippen molar-refractivity contribution in [3.8, 4) is 11.1 Å². The summed E-state index contributed by atoms with van der Waals surface area (Å²) in [6.45, 7) is 0. The van der Waals surface area contributed by atoms with Gasteiger partial charge in [0.2, 0.25) is 0 Å². The number of benzene rings is 2. The lowest BCUT2D eigenvalue weighted by Gasteiger charge is -2.03. The van der Waals surface area contributed by atoms with Crippen LogP contribution >= 0.6 is 34.7 Å². The summed E-state index contributed by atoms with van der Waals surface area (Å²) in [7, 11) is 0. The first-order valence-corrected chi connectivity index (χ1v) is 9.99. The number of fused-ring (bicyclic) bond motifs is 1. The highest BCUT2D eigenvalue weighted by molar-refractivity contribution is 7.98. The predicted octanol–water partition coefficient (Wildman–Crippen LogP) is 5.74. The van der Waals surface area contributed by atoms with Gasteiger partial charge >= 0.3 is 0 Å². The van der Waals surface area contributed by atoms with E-state index in [4.69, 9.17) is 11.6 Å². The van der Waals surface area contributed by atoms with Crippen molar-refractivity contribution in [3.63, 3.8) is 0 Å². The molecule has 2 aromatic carbocycles. The average molecular weight is 403 g/mol. The van der Waals surface area contributed by atoms with Crippen molar-refractivity contribution in [2.24, 2.45) is 0 Å². The molecule has 0 spiro atoms. The second-order valence-corrected chi connectivity index (χ2v) is 7.88. The summed E-state index contributed by atoms with van der Waals surface area (Å²) in [4.78, 5) is 20.6. The van der Waals surface area contributed by atoms with Gasteiger partial charge in [0.1, 0.15) is 10.6 Å². The Bertz CT molecular complexity index is 1140. The van der Waals surface area contributed by atoms with Crippen LogP contribution in [0.15, 0.2) is 63.9 Å². The number of hydrogen-bond donors (Lipinski definition) is 1. The normalized spacial score (nSPS) is 11.2. The number of rotatable bonds is 4. The monoisotopic (exact) mass is 402 g/mol. The SMILES string of the molecule is O=c1[nH]c(SCc2cccc(F)c2)nc2scc(-c3ccc(Cl)cc3)c12. The molecule has 0 aliphatic carbocycles. The molecule has 0 bridgehead atoms. The molecule has 0 aliphatic rings. The summed E-state index contributed by atoms with van der Waals surface area (Å²) in [6, 6.07) is 13.8. The maximum Gasteiger partial charge on any atom is 0.260 e. The number of aromatic nitrogens is 2. The first-order chi connectivity index (χ1) is 12.6. The summed E-state index contributed by atoms with van der Waals surface area (Å²) in [6.07, 6.45) is 0. The zero-order valence-corrected chi connectivity index (χ0v) is 15.7. The number of thiophene rings is 1. The number of nitrogens with one attached hydrogen (secondary N) is 1. The molecule has 0 amide bonds. The minimum Gasteiger partial charge on any atom is -0.301 e. The van der Waals surface area contributed by atoms with Crippen LogP contribution in [0.2, 0.25) is 5.02 Å². The van der Waals surface area contributed by atoms with E-state index in [1.165, 1.54) is 35.2 Å². The van der Waals surface area contributed by atoms with E-state index >= 15 is 0 Å². The molecule has 0 atom stereocenters. The highest BCUT2D eigenvalue weighted by Gasteiger charge is 2.13. The quantitative estimate of drug-likeness (QED) is 0.350. The average Bonchev–Trinajstić information content (AvgIpc) is 3.05. The maximum atomic E-state index is 13.3. The topological polar surface area (TPSA) is 45.8 Å². The van der Waals surface area contributed by atoms with Gasteiger partial charge in [-0.1, -0.05) is 47.6 Å². The van der Waals surface area contributed by atoms with Gasteiger partial charge < -0.3 is 4.98 Å². The number of aromatic amines is 1. The Morgan fingerprint density at radius 1 is 1.19 bits per heavy atom. The summed E-state index contributed by atoms with van der Waals surface area (Å²) in [5.41, 5.74) is 2.43. The van der Waals surface area contributed by atoms with E-state index in [9.17, 15) is 9.18 Å². The van der Waals surface area contributed by atoms with E-state index in [-0.39, 0.29) is 11.4 Å². The van der Waals surface area contributed by atoms with Crippen LogP contribution in [0.1, 0.15) is 5.56 Å². The van der Waals surface area contributed by atoms with E-state index in [2.05, 4.69) is 9.97 Å². The van der Waals surface area contributed by atoms with E-state index in [1.807, 2.05) is 23.6 Å². The molecule has 4 rings (SSSR count). The molecule has 0 saturated carbocycles. The fourth-order valence-electron chi connectivity index (χ4n) is 2.62. The van der Waals surface area contributed by atoms with Gasteiger partial charge in [-0.3, -0.25) is 4.79 Å². The van der Waals surface area contributed by atoms with Crippen molar-refractivity contribution in [2.75, 3.05) is 0 Å². The Kier molecular flexibility index (Phi) is 4.80. The molecular weight excluding hydrogens is 391 g/mol. The van der Waals surface area contributed by atoms with Gasteiger partial charge in [-0.25, -0.2) is 9.37 Å². The summed E-state index contributed by atoms with van der Waals surface area (Å²) >= 11 is 8.74. The lowest BCUT2D eigenvalue weighted by atomic mass is 10.1. The Morgan fingerprint density at radius 3 is 2.77 bits per heavy atom. The number of halogens is 2. The molecule has 0 aliphatic heterocycles. The third-order valence-electron chi connectivity index (χ3n) is 3.84. The summed E-state index contributed by atoms with van der Waals surface area (Å²) in [5.74, 6) is 0.257. The smallest absolute Gasteiger partial charge is 0.260 e. The van der Waals surface area contributed by atoms with Crippen LogP contribution in [0.25, 0.3) is 21.3 Å². The van der Waals surface area contributed by atoms with Crippen LogP contribution in [0.3, 0.4) is 0 Å². The highest BCUT2D eigenvalue weighted by atomic mass is 35.5. The largest absolute Gasteiger partial charge is 0.301 e. The first kappa shape index (κ1) is 17.3. The fraction of sp³-hybridized carbons (Fsp3) is 0.0526. The molecular formula is C19H12ClFN2OS2. The minimum absolute atomic E-state index is 0.178. The van der Waals surface area contributed by atoms with E-state index in [0.717, 1.165) is 16.7 Å². The van der Waals surface area contributed by atoms with Gasteiger partial charge in [-0.05, 0) is 35.4 Å². The van der Waals surface area contributed by atoms with Crippen molar-refractivity contribution >= 4 is 44.9 Å². The van der Waals surface area contributed by atoms with Crippen molar-refractivity contribution in [1.29, 1.82) is 0 Å². The van der Waals surface area contributed by atoms with E-state index in [0.29, 0.717) is 26.1 Å². The van der Waals surface area contributed by atoms with Gasteiger partial charge in [0.15, 0.2) is 5.16 Å². The molecule has 26 heavy (non-hydrogen) atoms. The lowest BCUT2D eigenvalue weighted by molar-refractivity contribution is 0.626. The third-order valence-corrected chi connectivity index (χ3v) is 5.91. The third kappa shape index (κ3) is 3.53. The number of nitrogens with zero attached hydrogens (tertiary/aromatic N) is 1. The van der Waals surface area contributed by atoms with Crippen LogP contribution in [-0.4, -0.2) is 9.97 Å². The standard InChI is InChI=1S/C19H12ClFN2OS2/c20-13-6-4-12(5-7-13)15-10-25-18-16(15)17(24)22-19(23-18)26-9-11-2-1-3-14(21)8-11/h1-8,10H,9H2,(H,22,23,24). The molecule has 1 N–H and O–H groups in total. The predicted molar refractivity (Wildman–Crippen MR) is 107 cm³/mol. The molecule has 0 fully saturated rings. The fourth-order valence-corrected chi connectivity index (χ4v) is 4.55.